The Morgan fingerprint density at radius 1 is 1.08 bits per heavy atom. The molecule has 0 saturated heterocycles. The Bertz CT molecular complexity index is 1060. The maximum atomic E-state index is 12.1. The van der Waals surface area contributed by atoms with E-state index in [1.54, 1.807) is 12.3 Å². The van der Waals surface area contributed by atoms with Gasteiger partial charge in [0.1, 0.15) is 6.54 Å². The number of fused-ring (bicyclic) bond motifs is 1. The second-order valence-corrected chi connectivity index (χ2v) is 6.38. The van der Waals surface area contributed by atoms with Gasteiger partial charge in [-0.2, -0.15) is 10.2 Å². The second-order valence-electron chi connectivity index (χ2n) is 5.94. The molecule has 0 aliphatic heterocycles. The number of anilines is 1. The van der Waals surface area contributed by atoms with E-state index in [9.17, 15) is 4.79 Å². The van der Waals surface area contributed by atoms with Crippen molar-refractivity contribution in [2.45, 2.75) is 13.1 Å². The van der Waals surface area contributed by atoms with Crippen molar-refractivity contribution in [3.63, 3.8) is 0 Å². The lowest BCUT2D eigenvalue weighted by molar-refractivity contribution is -0.116. The van der Waals surface area contributed by atoms with Crippen LogP contribution in [0.15, 0.2) is 67.1 Å². The predicted molar refractivity (Wildman–Crippen MR) is 101 cm³/mol. The third-order valence-electron chi connectivity index (χ3n) is 4.03. The minimum absolute atomic E-state index is 0.0862. The van der Waals surface area contributed by atoms with Crippen LogP contribution in [0.1, 0.15) is 5.56 Å². The number of carbonyl (C=O) groups is 1. The molecule has 6 nitrogen and oxygen atoms in total. The van der Waals surface area contributed by atoms with E-state index in [4.69, 9.17) is 11.6 Å². The van der Waals surface area contributed by atoms with Gasteiger partial charge in [0, 0.05) is 18.5 Å². The number of aromatic nitrogens is 4. The molecule has 130 valence electrons. The topological polar surface area (TPSA) is 64.7 Å². The minimum atomic E-state index is -0.208. The summed E-state index contributed by atoms with van der Waals surface area (Å²) >= 11 is 5.80. The summed E-state index contributed by atoms with van der Waals surface area (Å²) in [6, 6.07) is 16.3. The summed E-state index contributed by atoms with van der Waals surface area (Å²) in [6.45, 7) is 0.717. The van der Waals surface area contributed by atoms with Crippen LogP contribution in [0.5, 0.6) is 0 Å². The molecule has 7 heteroatoms. The van der Waals surface area contributed by atoms with Gasteiger partial charge in [-0.1, -0.05) is 54.1 Å². The lowest BCUT2D eigenvalue weighted by Crippen LogP contribution is -2.19. The molecule has 26 heavy (non-hydrogen) atoms. The van der Waals surface area contributed by atoms with Crippen LogP contribution in [-0.2, 0) is 17.9 Å². The molecule has 0 aliphatic rings. The summed E-state index contributed by atoms with van der Waals surface area (Å²) in [4.78, 5) is 12.1. The van der Waals surface area contributed by atoms with Crippen LogP contribution in [-0.4, -0.2) is 25.5 Å². The zero-order chi connectivity index (χ0) is 17.9. The highest BCUT2D eigenvalue weighted by atomic mass is 35.5. The average molecular weight is 366 g/mol. The van der Waals surface area contributed by atoms with E-state index in [2.05, 4.69) is 39.8 Å². The van der Waals surface area contributed by atoms with Crippen molar-refractivity contribution in [1.82, 2.24) is 19.6 Å². The zero-order valence-corrected chi connectivity index (χ0v) is 14.6. The zero-order valence-electron chi connectivity index (χ0n) is 13.8. The summed E-state index contributed by atoms with van der Waals surface area (Å²) in [6.07, 6.45) is 4.94. The Labute approximate surface area is 155 Å². The lowest BCUT2D eigenvalue weighted by atomic mass is 10.0. The number of hydrogen-bond acceptors (Lipinski definition) is 3. The van der Waals surface area contributed by atoms with Crippen molar-refractivity contribution >= 4 is 34.1 Å². The molecule has 2 aromatic carbocycles. The van der Waals surface area contributed by atoms with Crippen LogP contribution in [0.3, 0.4) is 0 Å². The van der Waals surface area contributed by atoms with Gasteiger partial charge in [0.25, 0.3) is 0 Å². The number of halogens is 1. The first kappa shape index (κ1) is 16.4. The Kier molecular flexibility index (Phi) is 4.41. The summed E-state index contributed by atoms with van der Waals surface area (Å²) in [5.74, 6) is 0.300. The Balaban J connectivity index is 1.45. The van der Waals surface area contributed by atoms with Crippen molar-refractivity contribution in [3.05, 3.63) is 77.7 Å². The van der Waals surface area contributed by atoms with Crippen molar-refractivity contribution in [2.24, 2.45) is 0 Å². The van der Waals surface area contributed by atoms with Gasteiger partial charge >= 0.3 is 0 Å². The summed E-state index contributed by atoms with van der Waals surface area (Å²) < 4.78 is 3.28. The number of rotatable bonds is 5. The molecule has 0 spiro atoms. The fourth-order valence-electron chi connectivity index (χ4n) is 2.88. The lowest BCUT2D eigenvalue weighted by Gasteiger charge is -2.07. The number of nitrogens with zero attached hydrogens (tertiary/aromatic N) is 4. The Morgan fingerprint density at radius 3 is 2.77 bits per heavy atom. The van der Waals surface area contributed by atoms with Crippen molar-refractivity contribution in [2.75, 3.05) is 5.32 Å². The van der Waals surface area contributed by atoms with Crippen LogP contribution >= 0.6 is 11.6 Å². The Morgan fingerprint density at radius 2 is 1.92 bits per heavy atom. The molecule has 0 radical (unpaired) electrons. The fraction of sp³-hybridized carbons (Fsp3) is 0.105. The molecule has 1 amide bonds. The van der Waals surface area contributed by atoms with E-state index in [-0.39, 0.29) is 12.5 Å². The first-order chi connectivity index (χ1) is 12.7. The van der Waals surface area contributed by atoms with E-state index in [0.29, 0.717) is 17.4 Å². The average Bonchev–Trinajstić information content (AvgIpc) is 3.24. The number of carbonyl (C=O) groups excluding carboxylic acids is 1. The SMILES string of the molecule is O=C(Cn1cc(Cl)cn1)Nc1ccn(Cc2cccc3ccccc23)n1. The second kappa shape index (κ2) is 7.01. The highest BCUT2D eigenvalue weighted by Crippen LogP contribution is 2.19. The smallest absolute Gasteiger partial charge is 0.247 e. The molecule has 0 fully saturated rings. The third kappa shape index (κ3) is 3.60. The molecule has 0 bridgehead atoms. The highest BCUT2D eigenvalue weighted by molar-refractivity contribution is 6.30. The van der Waals surface area contributed by atoms with Gasteiger partial charge in [-0.25, -0.2) is 0 Å². The van der Waals surface area contributed by atoms with Crippen molar-refractivity contribution in [3.8, 4) is 0 Å². The molecule has 1 N–H and O–H groups in total. The summed E-state index contributed by atoms with van der Waals surface area (Å²) in [5, 5.41) is 14.1. The molecule has 0 aliphatic carbocycles. The summed E-state index contributed by atoms with van der Waals surface area (Å²) in [5.41, 5.74) is 1.18. The third-order valence-corrected chi connectivity index (χ3v) is 4.22. The van der Waals surface area contributed by atoms with Gasteiger partial charge < -0.3 is 5.32 Å². The molecule has 4 rings (SSSR count). The molecule has 0 saturated carbocycles. The normalized spacial score (nSPS) is 11.0. The van der Waals surface area contributed by atoms with E-state index in [1.807, 2.05) is 29.1 Å². The van der Waals surface area contributed by atoms with Crippen molar-refractivity contribution in [1.29, 1.82) is 0 Å². The van der Waals surface area contributed by atoms with Gasteiger partial charge in [-0.3, -0.25) is 14.2 Å². The predicted octanol–water partition coefficient (Wildman–Crippen LogP) is 3.57. The van der Waals surface area contributed by atoms with Gasteiger partial charge in [-0.15, -0.1) is 0 Å². The van der Waals surface area contributed by atoms with E-state index in [1.165, 1.54) is 27.2 Å². The molecule has 2 heterocycles. The maximum Gasteiger partial charge on any atom is 0.247 e. The van der Waals surface area contributed by atoms with Crippen LogP contribution in [0.4, 0.5) is 5.82 Å². The molecular weight excluding hydrogens is 350 g/mol. The Hall–Kier alpha value is -3.12. The largest absolute Gasteiger partial charge is 0.308 e. The monoisotopic (exact) mass is 365 g/mol. The van der Waals surface area contributed by atoms with Gasteiger partial charge in [0.15, 0.2) is 5.82 Å². The standard InChI is InChI=1S/C19H16ClN5O/c20-16-10-21-25(12-16)13-19(26)22-18-8-9-24(23-18)11-15-6-3-5-14-4-1-2-7-17(14)15/h1-10,12H,11,13H2,(H,22,23,26). The number of benzene rings is 2. The highest BCUT2D eigenvalue weighted by Gasteiger charge is 2.08. The number of hydrogen-bond donors (Lipinski definition) is 1. The van der Waals surface area contributed by atoms with E-state index in [0.717, 1.165) is 0 Å². The minimum Gasteiger partial charge on any atom is -0.308 e. The van der Waals surface area contributed by atoms with E-state index < -0.39 is 0 Å². The molecule has 2 aromatic heterocycles. The quantitative estimate of drug-likeness (QED) is 0.588. The molecule has 4 aromatic rings. The molecular formula is C19H16ClN5O. The number of nitrogens with one attached hydrogen (secondary N) is 1. The van der Waals surface area contributed by atoms with Gasteiger partial charge in [0.2, 0.25) is 5.91 Å². The van der Waals surface area contributed by atoms with Crippen LogP contribution in [0.25, 0.3) is 10.8 Å². The number of amides is 1. The molecule has 0 unspecified atom stereocenters. The molecule has 0 atom stereocenters. The van der Waals surface area contributed by atoms with Crippen molar-refractivity contribution < 1.29 is 4.79 Å². The first-order valence-electron chi connectivity index (χ1n) is 8.15. The van der Waals surface area contributed by atoms with E-state index >= 15 is 0 Å². The van der Waals surface area contributed by atoms with Gasteiger partial charge in [-0.05, 0) is 16.3 Å². The first-order valence-corrected chi connectivity index (χ1v) is 8.53. The fourth-order valence-corrected chi connectivity index (χ4v) is 3.03. The van der Waals surface area contributed by atoms with Crippen LogP contribution in [0.2, 0.25) is 5.02 Å². The van der Waals surface area contributed by atoms with Crippen LogP contribution in [0, 0.1) is 0 Å². The maximum absolute atomic E-state index is 12.1. The van der Waals surface area contributed by atoms with Crippen LogP contribution < -0.4 is 5.32 Å². The summed E-state index contributed by atoms with van der Waals surface area (Å²) in [7, 11) is 0. The van der Waals surface area contributed by atoms with Gasteiger partial charge in [0.05, 0.1) is 17.8 Å².